The topological polar surface area (TPSA) is 67.6 Å². The Labute approximate surface area is 116 Å². The van der Waals surface area contributed by atoms with Crippen LogP contribution in [0.4, 0.5) is 4.79 Å². The van der Waals surface area contributed by atoms with Crippen LogP contribution >= 0.6 is 0 Å². The van der Waals surface area contributed by atoms with Crippen molar-refractivity contribution in [3.05, 3.63) is 0 Å². The number of hydrogen-bond acceptors (Lipinski definition) is 4. The molecule has 0 spiro atoms. The van der Waals surface area contributed by atoms with Crippen LogP contribution in [0.1, 0.15) is 40.5 Å². The number of nitrogens with zero attached hydrogens (tertiary/aromatic N) is 1. The second-order valence-corrected chi connectivity index (χ2v) is 6.46. The molecular formula is C14H29N3O2. The molecule has 1 amide bonds. The zero-order valence-corrected chi connectivity index (χ0v) is 12.7. The first-order valence-electron chi connectivity index (χ1n) is 7.23. The molecule has 5 nitrogen and oxygen atoms in total. The maximum Gasteiger partial charge on any atom is 0.410 e. The number of nitrogens with one attached hydrogen (secondary N) is 1. The molecule has 1 aliphatic heterocycles. The summed E-state index contributed by atoms with van der Waals surface area (Å²) < 4.78 is 5.38. The minimum atomic E-state index is -0.409. The SMILES string of the molecule is CC(CN)NCCC1CCN(C(=O)OC(C)(C)C)C1. The van der Waals surface area contributed by atoms with Gasteiger partial charge in [-0.1, -0.05) is 0 Å². The first kappa shape index (κ1) is 16.2. The van der Waals surface area contributed by atoms with Crippen LogP contribution in [-0.2, 0) is 4.74 Å². The molecule has 5 heteroatoms. The second kappa shape index (κ2) is 7.10. The van der Waals surface area contributed by atoms with Gasteiger partial charge >= 0.3 is 6.09 Å². The summed E-state index contributed by atoms with van der Waals surface area (Å²) in [6.45, 7) is 11.0. The van der Waals surface area contributed by atoms with Gasteiger partial charge in [0.1, 0.15) is 5.60 Å². The number of amides is 1. The van der Waals surface area contributed by atoms with E-state index < -0.39 is 5.60 Å². The van der Waals surface area contributed by atoms with Crippen molar-refractivity contribution in [1.29, 1.82) is 0 Å². The van der Waals surface area contributed by atoms with Gasteiger partial charge in [0.25, 0.3) is 0 Å². The molecule has 1 saturated heterocycles. The van der Waals surface area contributed by atoms with Crippen molar-refractivity contribution < 1.29 is 9.53 Å². The van der Waals surface area contributed by atoms with Gasteiger partial charge in [0.15, 0.2) is 0 Å². The fourth-order valence-electron chi connectivity index (χ4n) is 2.18. The van der Waals surface area contributed by atoms with Crippen LogP contribution in [0.25, 0.3) is 0 Å². The van der Waals surface area contributed by atoms with E-state index in [4.69, 9.17) is 10.5 Å². The Morgan fingerprint density at radius 2 is 2.21 bits per heavy atom. The average Bonchev–Trinajstić information content (AvgIpc) is 2.75. The van der Waals surface area contributed by atoms with Crippen LogP contribution < -0.4 is 11.1 Å². The Kier molecular flexibility index (Phi) is 6.07. The van der Waals surface area contributed by atoms with Crippen LogP contribution in [0.3, 0.4) is 0 Å². The third-order valence-corrected chi connectivity index (χ3v) is 3.34. The molecule has 2 unspecified atom stereocenters. The highest BCUT2D eigenvalue weighted by molar-refractivity contribution is 5.68. The van der Waals surface area contributed by atoms with Gasteiger partial charge in [0, 0.05) is 25.7 Å². The molecule has 19 heavy (non-hydrogen) atoms. The number of ether oxygens (including phenoxy) is 1. The lowest BCUT2D eigenvalue weighted by Gasteiger charge is -2.24. The predicted molar refractivity (Wildman–Crippen MR) is 77.1 cm³/mol. The summed E-state index contributed by atoms with van der Waals surface area (Å²) in [5.41, 5.74) is 5.15. The van der Waals surface area contributed by atoms with E-state index >= 15 is 0 Å². The largest absolute Gasteiger partial charge is 0.444 e. The van der Waals surface area contributed by atoms with Crippen molar-refractivity contribution in [3.63, 3.8) is 0 Å². The lowest BCUT2D eigenvalue weighted by molar-refractivity contribution is 0.0287. The molecule has 0 aromatic rings. The molecule has 0 bridgehead atoms. The lowest BCUT2D eigenvalue weighted by atomic mass is 10.1. The Balaban J connectivity index is 2.24. The van der Waals surface area contributed by atoms with Crippen LogP contribution in [0.5, 0.6) is 0 Å². The summed E-state index contributed by atoms with van der Waals surface area (Å²) in [5, 5.41) is 3.38. The summed E-state index contributed by atoms with van der Waals surface area (Å²) in [7, 11) is 0. The van der Waals surface area contributed by atoms with Crippen LogP contribution in [0, 0.1) is 5.92 Å². The van der Waals surface area contributed by atoms with E-state index in [-0.39, 0.29) is 6.09 Å². The number of likely N-dealkylation sites (tertiary alicyclic amines) is 1. The van der Waals surface area contributed by atoms with Crippen LogP contribution in [-0.4, -0.2) is 48.8 Å². The van der Waals surface area contributed by atoms with Crippen LogP contribution in [0.15, 0.2) is 0 Å². The first-order chi connectivity index (χ1) is 8.81. The smallest absolute Gasteiger partial charge is 0.410 e. The Hall–Kier alpha value is -0.810. The molecule has 1 heterocycles. The summed E-state index contributed by atoms with van der Waals surface area (Å²) in [5.74, 6) is 0.574. The van der Waals surface area contributed by atoms with Gasteiger partial charge in [0.2, 0.25) is 0 Å². The molecule has 1 fully saturated rings. The van der Waals surface area contributed by atoms with Crippen molar-refractivity contribution in [3.8, 4) is 0 Å². The van der Waals surface area contributed by atoms with Gasteiger partial charge in [-0.3, -0.25) is 0 Å². The molecule has 0 saturated carbocycles. The first-order valence-corrected chi connectivity index (χ1v) is 7.23. The fraction of sp³-hybridized carbons (Fsp3) is 0.929. The molecular weight excluding hydrogens is 242 g/mol. The number of carbonyl (C=O) groups is 1. The standard InChI is InChI=1S/C14H29N3O2/c1-11(9-15)16-7-5-12-6-8-17(10-12)13(18)19-14(2,3)4/h11-12,16H,5-10,15H2,1-4H3. The number of nitrogens with two attached hydrogens (primary N) is 1. The van der Waals surface area contributed by atoms with E-state index in [2.05, 4.69) is 12.2 Å². The van der Waals surface area contributed by atoms with Gasteiger partial charge in [-0.15, -0.1) is 0 Å². The Morgan fingerprint density at radius 3 is 2.79 bits per heavy atom. The van der Waals surface area contributed by atoms with Crippen LogP contribution in [0.2, 0.25) is 0 Å². The Morgan fingerprint density at radius 1 is 1.53 bits per heavy atom. The minimum absolute atomic E-state index is 0.182. The molecule has 1 aliphatic rings. The number of carbonyl (C=O) groups excluding carboxylic acids is 1. The minimum Gasteiger partial charge on any atom is -0.444 e. The van der Waals surface area contributed by atoms with E-state index in [0.717, 1.165) is 32.5 Å². The summed E-state index contributed by atoms with van der Waals surface area (Å²) >= 11 is 0. The summed E-state index contributed by atoms with van der Waals surface area (Å²) in [6, 6.07) is 0.364. The van der Waals surface area contributed by atoms with Gasteiger partial charge in [-0.05, 0) is 53.0 Å². The van der Waals surface area contributed by atoms with E-state index in [1.807, 2.05) is 25.7 Å². The van der Waals surface area contributed by atoms with Crippen molar-refractivity contribution >= 4 is 6.09 Å². The molecule has 0 radical (unpaired) electrons. The third-order valence-electron chi connectivity index (χ3n) is 3.34. The van der Waals surface area contributed by atoms with Crippen molar-refractivity contribution in [2.75, 3.05) is 26.2 Å². The molecule has 3 N–H and O–H groups in total. The molecule has 0 aromatic carbocycles. The van der Waals surface area contributed by atoms with E-state index in [1.165, 1.54) is 0 Å². The van der Waals surface area contributed by atoms with Gasteiger partial charge in [-0.25, -0.2) is 4.79 Å². The summed E-state index contributed by atoms with van der Waals surface area (Å²) in [4.78, 5) is 13.7. The Bertz CT molecular complexity index is 289. The normalized spacial score (nSPS) is 21.5. The molecule has 2 atom stereocenters. The average molecular weight is 271 g/mol. The third kappa shape index (κ3) is 6.25. The molecule has 1 rings (SSSR count). The fourth-order valence-corrected chi connectivity index (χ4v) is 2.18. The maximum atomic E-state index is 11.9. The van der Waals surface area contributed by atoms with Crippen molar-refractivity contribution in [2.24, 2.45) is 11.7 Å². The predicted octanol–water partition coefficient (Wildman–Crippen LogP) is 1.57. The summed E-state index contributed by atoms with van der Waals surface area (Å²) in [6.07, 6.45) is 1.97. The zero-order valence-electron chi connectivity index (χ0n) is 12.7. The van der Waals surface area contributed by atoms with E-state index in [1.54, 1.807) is 0 Å². The van der Waals surface area contributed by atoms with Gasteiger partial charge in [0.05, 0.1) is 0 Å². The van der Waals surface area contributed by atoms with Gasteiger partial charge in [-0.2, -0.15) is 0 Å². The van der Waals surface area contributed by atoms with E-state index in [0.29, 0.717) is 18.5 Å². The quantitative estimate of drug-likeness (QED) is 0.796. The maximum absolute atomic E-state index is 11.9. The van der Waals surface area contributed by atoms with Crippen molar-refractivity contribution in [1.82, 2.24) is 10.2 Å². The highest BCUT2D eigenvalue weighted by Gasteiger charge is 2.29. The lowest BCUT2D eigenvalue weighted by Crippen LogP contribution is -2.36. The van der Waals surface area contributed by atoms with Crippen molar-refractivity contribution in [2.45, 2.75) is 52.2 Å². The second-order valence-electron chi connectivity index (χ2n) is 6.46. The molecule has 0 aliphatic carbocycles. The monoisotopic (exact) mass is 271 g/mol. The van der Waals surface area contributed by atoms with E-state index in [9.17, 15) is 4.79 Å². The highest BCUT2D eigenvalue weighted by Crippen LogP contribution is 2.21. The number of rotatable bonds is 5. The molecule has 0 aromatic heterocycles. The highest BCUT2D eigenvalue weighted by atomic mass is 16.6. The number of hydrogen-bond donors (Lipinski definition) is 2. The molecule has 112 valence electrons. The zero-order chi connectivity index (χ0) is 14.5. The van der Waals surface area contributed by atoms with Gasteiger partial charge < -0.3 is 20.7 Å².